The fraction of sp³-hybridized carbons (Fsp3) is 0.269. The van der Waals surface area contributed by atoms with Gasteiger partial charge >= 0.3 is 0 Å². The maximum Gasteiger partial charge on any atom is 0.211 e. The second-order valence-corrected chi connectivity index (χ2v) is 10.9. The zero-order valence-corrected chi connectivity index (χ0v) is 22.1. The molecule has 0 radical (unpaired) electrons. The van der Waals surface area contributed by atoms with Crippen molar-refractivity contribution >= 4 is 39.4 Å². The number of carbonyl (C=O) groups excluding carboxylic acids is 1. The summed E-state index contributed by atoms with van der Waals surface area (Å²) in [7, 11) is -3.19. The van der Waals surface area contributed by atoms with Gasteiger partial charge in [0.1, 0.15) is 30.3 Å². The molecule has 0 saturated carbocycles. The summed E-state index contributed by atoms with van der Waals surface area (Å²) in [5.74, 6) is -1.32. The number of carbonyl (C=O) groups is 1. The minimum absolute atomic E-state index is 0. The van der Waals surface area contributed by atoms with Crippen LogP contribution in [0, 0.1) is 11.6 Å². The summed E-state index contributed by atoms with van der Waals surface area (Å²) in [6, 6.07) is 8.23. The van der Waals surface area contributed by atoms with Gasteiger partial charge in [-0.2, -0.15) is 4.31 Å². The van der Waals surface area contributed by atoms with Crippen molar-refractivity contribution < 1.29 is 26.7 Å². The molecule has 0 atom stereocenters. The summed E-state index contributed by atoms with van der Waals surface area (Å²) in [5.41, 5.74) is 2.25. The Labute approximate surface area is 225 Å². The predicted molar refractivity (Wildman–Crippen MR) is 141 cm³/mol. The molecule has 1 fully saturated rings. The highest BCUT2D eigenvalue weighted by Crippen LogP contribution is 2.43. The zero-order chi connectivity index (χ0) is 26.2. The predicted octanol–water partition coefficient (Wildman–Crippen LogP) is 3.29. The summed E-state index contributed by atoms with van der Waals surface area (Å²) in [5, 5.41) is 0. The van der Waals surface area contributed by atoms with Gasteiger partial charge in [0.05, 0.1) is 6.26 Å². The highest BCUT2D eigenvalue weighted by molar-refractivity contribution is 7.88. The minimum Gasteiger partial charge on any atom is -0.492 e. The number of nitrogens with zero attached hydrogens (tertiary/aromatic N) is 4. The van der Waals surface area contributed by atoms with Crippen molar-refractivity contribution in [3.8, 4) is 5.75 Å². The average Bonchev–Trinajstić information content (AvgIpc) is 3.15. The number of sulfonamides is 1. The van der Waals surface area contributed by atoms with Crippen LogP contribution in [0.15, 0.2) is 55.1 Å². The first-order valence-corrected chi connectivity index (χ1v) is 13.5. The second kappa shape index (κ2) is 11.2. The number of halogens is 3. The van der Waals surface area contributed by atoms with E-state index in [-0.39, 0.29) is 29.3 Å². The number of rotatable bonds is 7. The van der Waals surface area contributed by atoms with Crippen LogP contribution in [0.5, 0.6) is 5.75 Å². The van der Waals surface area contributed by atoms with Gasteiger partial charge in [0.2, 0.25) is 10.0 Å². The molecule has 1 aromatic heterocycles. The van der Waals surface area contributed by atoms with Crippen molar-refractivity contribution in [3.63, 3.8) is 0 Å². The van der Waals surface area contributed by atoms with Gasteiger partial charge in [-0.15, -0.1) is 12.4 Å². The molecule has 8 nitrogen and oxygen atoms in total. The third-order valence-electron chi connectivity index (χ3n) is 6.46. The molecule has 2 aliphatic rings. The first-order chi connectivity index (χ1) is 17.7. The van der Waals surface area contributed by atoms with E-state index in [1.165, 1.54) is 41.4 Å². The molecule has 1 saturated heterocycles. The van der Waals surface area contributed by atoms with Crippen LogP contribution in [0.2, 0.25) is 0 Å². The van der Waals surface area contributed by atoms with Crippen LogP contribution in [0.1, 0.15) is 27.0 Å². The van der Waals surface area contributed by atoms with E-state index in [1.54, 1.807) is 18.2 Å². The van der Waals surface area contributed by atoms with E-state index in [1.807, 2.05) is 0 Å². The molecule has 0 unspecified atom stereocenters. The summed E-state index contributed by atoms with van der Waals surface area (Å²) in [6.07, 6.45) is 5.53. The van der Waals surface area contributed by atoms with Crippen LogP contribution in [0.4, 0.5) is 8.78 Å². The van der Waals surface area contributed by atoms with Crippen LogP contribution in [-0.2, 0) is 10.0 Å². The number of Topliss-reactive ketones (excluding diaryl/α,β-unsaturated/α-hetero) is 1. The molecule has 0 amide bonds. The van der Waals surface area contributed by atoms with Gasteiger partial charge in [0.25, 0.3) is 0 Å². The lowest BCUT2D eigenvalue weighted by Crippen LogP contribution is -2.49. The topological polar surface area (TPSA) is 92.7 Å². The molecule has 12 heteroatoms. The molecule has 2 heterocycles. The molecule has 2 aromatic carbocycles. The highest BCUT2D eigenvalue weighted by atomic mass is 35.5. The summed E-state index contributed by atoms with van der Waals surface area (Å²) >= 11 is 0. The van der Waals surface area contributed by atoms with Gasteiger partial charge in [0, 0.05) is 73.5 Å². The Bertz CT molecular complexity index is 1470. The number of benzene rings is 2. The lowest BCUT2D eigenvalue weighted by Gasteiger charge is -2.33. The van der Waals surface area contributed by atoms with Crippen LogP contribution in [0.3, 0.4) is 0 Å². The van der Waals surface area contributed by atoms with Gasteiger partial charge in [0.15, 0.2) is 5.78 Å². The van der Waals surface area contributed by atoms with Gasteiger partial charge in [-0.05, 0) is 41.5 Å². The average molecular weight is 563 g/mol. The molecule has 1 aliphatic carbocycles. The SMILES string of the molecule is CS(=O)(=O)N1CCN(CCOc2ccc3c(c2)C(=O)C(c2cncnc2)=C3c2cc(F)cc(F)c2)CC1.Cl. The molecule has 3 aromatic rings. The molecule has 0 bridgehead atoms. The number of aromatic nitrogens is 2. The van der Waals surface area contributed by atoms with Crippen molar-refractivity contribution in [2.45, 2.75) is 0 Å². The van der Waals surface area contributed by atoms with Crippen molar-refractivity contribution in [2.24, 2.45) is 0 Å². The highest BCUT2D eigenvalue weighted by Gasteiger charge is 2.32. The summed E-state index contributed by atoms with van der Waals surface area (Å²) < 4.78 is 58.9. The fourth-order valence-corrected chi connectivity index (χ4v) is 5.51. The van der Waals surface area contributed by atoms with Crippen molar-refractivity contribution in [3.05, 3.63) is 89.0 Å². The molecular formula is C26H25ClF2N4O4S. The minimum atomic E-state index is -3.19. The van der Waals surface area contributed by atoms with Gasteiger partial charge in [-0.3, -0.25) is 9.69 Å². The molecule has 0 spiro atoms. The smallest absolute Gasteiger partial charge is 0.211 e. The number of fused-ring (bicyclic) bond motifs is 1. The number of ketones is 1. The Hall–Kier alpha value is -3.25. The van der Waals surface area contributed by atoms with E-state index in [4.69, 9.17) is 4.74 Å². The maximum atomic E-state index is 14.1. The Morgan fingerprint density at radius 1 is 0.895 bits per heavy atom. The summed E-state index contributed by atoms with van der Waals surface area (Å²) in [4.78, 5) is 23.6. The molecule has 5 rings (SSSR count). The van der Waals surface area contributed by atoms with Crippen molar-refractivity contribution in [1.29, 1.82) is 0 Å². The van der Waals surface area contributed by atoms with E-state index in [0.717, 1.165) is 6.07 Å². The Balaban J connectivity index is 0.00000336. The number of ether oxygens (including phenoxy) is 1. The second-order valence-electron chi connectivity index (χ2n) is 8.92. The van der Waals surface area contributed by atoms with Crippen LogP contribution in [0.25, 0.3) is 11.1 Å². The van der Waals surface area contributed by atoms with Crippen LogP contribution < -0.4 is 4.74 Å². The van der Waals surface area contributed by atoms with E-state index >= 15 is 0 Å². The molecule has 0 N–H and O–H groups in total. The monoisotopic (exact) mass is 562 g/mol. The van der Waals surface area contributed by atoms with Gasteiger partial charge < -0.3 is 4.74 Å². The van der Waals surface area contributed by atoms with E-state index < -0.39 is 21.7 Å². The first-order valence-electron chi connectivity index (χ1n) is 11.7. The Morgan fingerprint density at radius 3 is 2.18 bits per heavy atom. The van der Waals surface area contributed by atoms with E-state index in [0.29, 0.717) is 67.3 Å². The third-order valence-corrected chi connectivity index (χ3v) is 7.76. The number of allylic oxidation sites excluding steroid dienone is 1. The van der Waals surface area contributed by atoms with Crippen LogP contribution in [-0.4, -0.2) is 79.0 Å². The fourth-order valence-electron chi connectivity index (χ4n) is 4.68. The van der Waals surface area contributed by atoms with Crippen molar-refractivity contribution in [2.75, 3.05) is 45.6 Å². The third kappa shape index (κ3) is 5.75. The molecule has 38 heavy (non-hydrogen) atoms. The van der Waals surface area contributed by atoms with Crippen LogP contribution >= 0.6 is 12.4 Å². The van der Waals surface area contributed by atoms with Gasteiger partial charge in [-0.1, -0.05) is 0 Å². The number of piperazine rings is 1. The van der Waals surface area contributed by atoms with E-state index in [9.17, 15) is 22.0 Å². The standard InChI is InChI=1S/C26H24F2N4O4S.ClH/c1-37(34,35)32-6-4-31(5-7-32)8-9-36-21-2-3-22-23(13-21)26(33)25(18-14-29-16-30-15-18)24(22)17-10-19(27)12-20(28)11-17;/h2-3,10-16H,4-9H2,1H3;1H. The van der Waals surface area contributed by atoms with Crippen molar-refractivity contribution in [1.82, 2.24) is 19.2 Å². The molecular weight excluding hydrogens is 538 g/mol. The lowest BCUT2D eigenvalue weighted by molar-refractivity contribution is 0.105. The lowest BCUT2D eigenvalue weighted by atomic mass is 9.95. The number of hydrogen-bond acceptors (Lipinski definition) is 7. The normalized spacial score (nSPS) is 16.3. The molecule has 1 aliphatic heterocycles. The zero-order valence-electron chi connectivity index (χ0n) is 20.4. The van der Waals surface area contributed by atoms with Gasteiger partial charge in [-0.25, -0.2) is 27.2 Å². The molecule has 200 valence electrons. The first kappa shape index (κ1) is 27.8. The largest absolute Gasteiger partial charge is 0.492 e. The summed E-state index contributed by atoms with van der Waals surface area (Å²) in [6.45, 7) is 3.04. The Morgan fingerprint density at radius 2 is 1.55 bits per heavy atom. The van der Waals surface area contributed by atoms with E-state index in [2.05, 4.69) is 14.9 Å². The quantitative estimate of drug-likeness (QED) is 0.436. The maximum absolute atomic E-state index is 14.1. The number of hydrogen-bond donors (Lipinski definition) is 0. The Kier molecular flexibility index (Phi) is 8.22.